The highest BCUT2D eigenvalue weighted by atomic mass is 19.4. The van der Waals surface area contributed by atoms with Crippen LogP contribution in [0, 0.1) is 11.3 Å². The van der Waals surface area contributed by atoms with E-state index in [0.29, 0.717) is 38.3 Å². The largest absolute Gasteiger partial charge is 0.423 e. The minimum atomic E-state index is -4.84. The fourth-order valence-electron chi connectivity index (χ4n) is 5.24. The van der Waals surface area contributed by atoms with Crippen LogP contribution in [0.15, 0.2) is 53.6 Å². The number of benzene rings is 1. The third-order valence-electron chi connectivity index (χ3n) is 7.25. The Hall–Kier alpha value is -4.44. The summed E-state index contributed by atoms with van der Waals surface area (Å²) in [7, 11) is 0. The number of aromatic nitrogens is 3. The maximum atomic E-state index is 13.8. The van der Waals surface area contributed by atoms with E-state index in [-0.39, 0.29) is 31.1 Å². The molecule has 2 aromatic heterocycles. The van der Waals surface area contributed by atoms with Crippen molar-refractivity contribution in [1.82, 2.24) is 25.4 Å². The summed E-state index contributed by atoms with van der Waals surface area (Å²) >= 11 is 0. The molecule has 0 radical (unpaired) electrons. The van der Waals surface area contributed by atoms with E-state index in [0.717, 1.165) is 23.1 Å². The molecule has 1 aromatic carbocycles. The van der Waals surface area contributed by atoms with E-state index in [1.807, 2.05) is 35.4 Å². The number of amides is 1. The van der Waals surface area contributed by atoms with Gasteiger partial charge in [0, 0.05) is 58.4 Å². The Kier molecular flexibility index (Phi) is 7.70. The van der Waals surface area contributed by atoms with Gasteiger partial charge in [0.05, 0.1) is 23.5 Å². The number of halogens is 3. The van der Waals surface area contributed by atoms with Crippen LogP contribution in [0.4, 0.5) is 24.7 Å². The molecule has 0 spiro atoms. The molecule has 3 aromatic rings. The molecule has 208 valence electrons. The number of anilines is 2. The van der Waals surface area contributed by atoms with Crippen molar-refractivity contribution in [3.05, 3.63) is 81.4 Å². The Morgan fingerprint density at radius 1 is 1.12 bits per heavy atom. The number of hydrogen-bond donors (Lipinski definition) is 2. The predicted octanol–water partition coefficient (Wildman–Crippen LogP) is 2.45. The van der Waals surface area contributed by atoms with Gasteiger partial charge in [0.15, 0.2) is 0 Å². The van der Waals surface area contributed by atoms with Gasteiger partial charge in [0.25, 0.3) is 5.56 Å². The van der Waals surface area contributed by atoms with E-state index in [1.54, 1.807) is 21.9 Å². The van der Waals surface area contributed by atoms with Gasteiger partial charge in [-0.05, 0) is 23.3 Å². The molecule has 0 unspecified atom stereocenters. The third kappa shape index (κ3) is 5.62. The molecule has 2 aliphatic rings. The predicted molar refractivity (Wildman–Crippen MR) is 140 cm³/mol. The number of rotatable bonds is 7. The molecule has 10 nitrogen and oxygen atoms in total. The molecule has 0 aliphatic carbocycles. The van der Waals surface area contributed by atoms with E-state index in [4.69, 9.17) is 5.26 Å². The Balaban J connectivity index is 1.18. The summed E-state index contributed by atoms with van der Waals surface area (Å²) in [5.41, 5.74) is -0.607. The number of aromatic amines is 1. The zero-order valence-corrected chi connectivity index (χ0v) is 21.5. The van der Waals surface area contributed by atoms with Crippen LogP contribution in [-0.4, -0.2) is 65.3 Å². The molecule has 0 bridgehead atoms. The summed E-state index contributed by atoms with van der Waals surface area (Å²) in [6, 6.07) is 12.4. The van der Waals surface area contributed by atoms with Crippen LogP contribution in [0.1, 0.15) is 34.7 Å². The highest BCUT2D eigenvalue weighted by molar-refractivity contribution is 5.76. The normalized spacial score (nSPS) is 17.1. The zero-order chi connectivity index (χ0) is 28.3. The number of alkyl halides is 3. The quantitative estimate of drug-likeness (QED) is 0.429. The van der Waals surface area contributed by atoms with E-state index < -0.39 is 23.3 Å². The van der Waals surface area contributed by atoms with Crippen molar-refractivity contribution in [1.29, 1.82) is 5.26 Å². The van der Waals surface area contributed by atoms with E-state index in [2.05, 4.69) is 20.3 Å². The molecular weight excluding hydrogens is 525 g/mol. The molecule has 1 fully saturated rings. The van der Waals surface area contributed by atoms with Crippen LogP contribution < -0.4 is 20.7 Å². The zero-order valence-electron chi connectivity index (χ0n) is 21.5. The van der Waals surface area contributed by atoms with Gasteiger partial charge in [-0.1, -0.05) is 24.3 Å². The van der Waals surface area contributed by atoms with Gasteiger partial charge in [-0.2, -0.15) is 23.5 Å². The van der Waals surface area contributed by atoms with Crippen LogP contribution >= 0.6 is 0 Å². The molecule has 5 rings (SSSR count). The number of nitrogens with zero attached hydrogens (tertiary/aromatic N) is 6. The van der Waals surface area contributed by atoms with E-state index in [1.165, 1.54) is 6.20 Å². The second-order valence-corrected chi connectivity index (χ2v) is 9.64. The second-order valence-electron chi connectivity index (χ2n) is 9.64. The van der Waals surface area contributed by atoms with Crippen molar-refractivity contribution in [2.45, 2.75) is 25.2 Å². The van der Waals surface area contributed by atoms with Crippen molar-refractivity contribution in [2.24, 2.45) is 0 Å². The Bertz CT molecular complexity index is 1460. The lowest BCUT2D eigenvalue weighted by Crippen LogP contribution is -2.49. The standard InChI is InChI=1S/C27H27F3N8O2/c28-27(29,30)25-22(16-34-35-26(25)40)38-17-19-3-1-2-4-20(19)21(38)15-32-8-7-24(39)37-11-9-36(10-12-37)23-6-5-18(13-31)14-33-23/h1-6,14,16,21,32H,7-12,15,17H2,(H,35,40)/t21-/m1/s1. The van der Waals surface area contributed by atoms with Gasteiger partial charge in [0.1, 0.15) is 17.5 Å². The van der Waals surface area contributed by atoms with Gasteiger partial charge in [-0.3, -0.25) is 9.59 Å². The minimum absolute atomic E-state index is 0.0123. The van der Waals surface area contributed by atoms with Gasteiger partial charge in [-0.15, -0.1) is 0 Å². The monoisotopic (exact) mass is 552 g/mol. The highest BCUT2D eigenvalue weighted by Gasteiger charge is 2.41. The first-order valence-electron chi connectivity index (χ1n) is 12.8. The van der Waals surface area contributed by atoms with Crippen molar-refractivity contribution >= 4 is 17.4 Å². The Morgan fingerprint density at radius 3 is 2.60 bits per heavy atom. The summed E-state index contributed by atoms with van der Waals surface area (Å²) in [4.78, 5) is 34.6. The molecule has 1 amide bonds. The SMILES string of the molecule is N#Cc1ccc(N2CCN(C(=O)CCNC[C@@H]3c4ccccc4CN3c3cn[nH]c(=O)c3C(F)(F)F)CC2)nc1. The molecule has 2 aliphatic heterocycles. The molecule has 13 heteroatoms. The average Bonchev–Trinajstić information content (AvgIpc) is 3.33. The summed E-state index contributed by atoms with van der Waals surface area (Å²) < 4.78 is 41.4. The molecule has 1 saturated heterocycles. The van der Waals surface area contributed by atoms with Crippen molar-refractivity contribution in [3.63, 3.8) is 0 Å². The van der Waals surface area contributed by atoms with Crippen molar-refractivity contribution < 1.29 is 18.0 Å². The number of fused-ring (bicyclic) bond motifs is 1. The molecule has 40 heavy (non-hydrogen) atoms. The first kappa shape index (κ1) is 27.1. The van der Waals surface area contributed by atoms with Crippen LogP contribution in [0.25, 0.3) is 0 Å². The van der Waals surface area contributed by atoms with Gasteiger partial charge in [0.2, 0.25) is 5.91 Å². The summed E-state index contributed by atoms with van der Waals surface area (Å²) in [6.45, 7) is 3.17. The smallest absolute Gasteiger partial charge is 0.357 e. The molecule has 1 atom stereocenters. The van der Waals surface area contributed by atoms with E-state index >= 15 is 0 Å². The van der Waals surface area contributed by atoms with Gasteiger partial charge >= 0.3 is 6.18 Å². The Morgan fingerprint density at radius 2 is 1.90 bits per heavy atom. The third-order valence-corrected chi connectivity index (χ3v) is 7.25. The summed E-state index contributed by atoms with van der Waals surface area (Å²) in [5, 5.41) is 17.7. The number of nitrogens with one attached hydrogen (secondary N) is 2. The van der Waals surface area contributed by atoms with Crippen molar-refractivity contribution in [2.75, 3.05) is 49.1 Å². The molecular formula is C27H27F3N8O2. The summed E-state index contributed by atoms with van der Waals surface area (Å²) in [6.07, 6.45) is -2.03. The number of nitriles is 1. The maximum Gasteiger partial charge on any atom is 0.423 e. The number of carbonyl (C=O) groups excluding carboxylic acids is 1. The number of hydrogen-bond acceptors (Lipinski definition) is 8. The van der Waals surface area contributed by atoms with E-state index in [9.17, 15) is 22.8 Å². The topological polar surface area (TPSA) is 121 Å². The van der Waals surface area contributed by atoms with Gasteiger partial charge in [-0.25, -0.2) is 10.1 Å². The minimum Gasteiger partial charge on any atom is -0.357 e. The highest BCUT2D eigenvalue weighted by Crippen LogP contribution is 2.41. The van der Waals surface area contributed by atoms with Crippen molar-refractivity contribution in [3.8, 4) is 6.07 Å². The number of piperazine rings is 1. The molecule has 2 N–H and O–H groups in total. The Labute approximate surface area is 228 Å². The average molecular weight is 553 g/mol. The van der Waals surface area contributed by atoms with Crippen LogP contribution in [0.5, 0.6) is 0 Å². The fraction of sp³-hybridized carbons (Fsp3) is 0.370. The first-order valence-corrected chi connectivity index (χ1v) is 12.8. The number of carbonyl (C=O) groups is 1. The second kappa shape index (κ2) is 11.4. The molecule has 0 saturated carbocycles. The van der Waals surface area contributed by atoms with Gasteiger partial charge < -0.3 is 20.0 Å². The lowest BCUT2D eigenvalue weighted by Gasteiger charge is -2.35. The maximum absolute atomic E-state index is 13.8. The molecule has 4 heterocycles. The lowest BCUT2D eigenvalue weighted by molar-refractivity contribution is -0.138. The number of pyridine rings is 1. The summed E-state index contributed by atoms with van der Waals surface area (Å²) in [5.74, 6) is 0.750. The van der Waals surface area contributed by atoms with Crippen LogP contribution in [0.3, 0.4) is 0 Å². The number of H-pyrrole nitrogens is 1. The lowest BCUT2D eigenvalue weighted by atomic mass is 10.0. The fourth-order valence-corrected chi connectivity index (χ4v) is 5.24. The van der Waals surface area contributed by atoms with Crippen LogP contribution in [-0.2, 0) is 17.5 Å². The first-order chi connectivity index (χ1) is 19.3. The van der Waals surface area contributed by atoms with Crippen LogP contribution in [0.2, 0.25) is 0 Å².